The van der Waals surface area contributed by atoms with Crippen molar-refractivity contribution in [2.75, 3.05) is 13.7 Å². The zero-order valence-electron chi connectivity index (χ0n) is 18.6. The predicted octanol–water partition coefficient (Wildman–Crippen LogP) is 4.03. The van der Waals surface area contributed by atoms with E-state index in [0.29, 0.717) is 30.3 Å². The molecule has 3 N–H and O–H groups in total. The first-order chi connectivity index (χ1) is 15.6. The summed E-state index contributed by atoms with van der Waals surface area (Å²) in [6, 6.07) is 11.5. The number of aromatic amines is 1. The molecule has 32 heavy (non-hydrogen) atoms. The predicted molar refractivity (Wildman–Crippen MR) is 124 cm³/mol. The van der Waals surface area contributed by atoms with Crippen molar-refractivity contribution in [2.45, 2.75) is 33.4 Å². The topological polar surface area (TPSA) is 115 Å². The summed E-state index contributed by atoms with van der Waals surface area (Å²) in [5.74, 6) is 1.34. The molecule has 3 aromatic heterocycles. The molecule has 4 heterocycles. The molecule has 0 amide bonds. The number of rotatable bonds is 3. The van der Waals surface area contributed by atoms with Crippen LogP contribution in [0.5, 0.6) is 11.6 Å². The molecule has 1 atom stereocenters. The van der Waals surface area contributed by atoms with E-state index in [0.717, 1.165) is 39.1 Å². The molecule has 8 nitrogen and oxygen atoms in total. The van der Waals surface area contributed by atoms with Crippen LogP contribution in [0.3, 0.4) is 0 Å². The Morgan fingerprint density at radius 1 is 1.28 bits per heavy atom. The number of benzene rings is 1. The number of aromatic nitrogens is 4. The van der Waals surface area contributed by atoms with Crippen molar-refractivity contribution in [3.05, 3.63) is 47.8 Å². The Hall–Kier alpha value is -3.83. The summed E-state index contributed by atoms with van der Waals surface area (Å²) < 4.78 is 13.2. The van der Waals surface area contributed by atoms with Crippen LogP contribution in [-0.4, -0.2) is 39.5 Å². The quantitative estimate of drug-likeness (QED) is 0.507. The second kappa shape index (κ2) is 8.73. The first kappa shape index (κ1) is 21.4. The Labute approximate surface area is 186 Å². The van der Waals surface area contributed by atoms with Crippen molar-refractivity contribution < 1.29 is 9.47 Å². The number of pyridine rings is 1. The lowest BCUT2D eigenvalue weighted by atomic mass is 9.95. The molecule has 0 saturated heterocycles. The second-order valence-corrected chi connectivity index (χ2v) is 7.32. The summed E-state index contributed by atoms with van der Waals surface area (Å²) >= 11 is 0. The highest BCUT2D eigenvalue weighted by Crippen LogP contribution is 2.44. The largest absolute Gasteiger partial charge is 0.497 e. The third-order valence-electron chi connectivity index (χ3n) is 5.36. The molecule has 0 fully saturated rings. The molecule has 164 valence electrons. The first-order valence-electron chi connectivity index (χ1n) is 10.6. The highest BCUT2D eigenvalue weighted by atomic mass is 16.5. The van der Waals surface area contributed by atoms with Crippen LogP contribution >= 0.6 is 0 Å². The molecule has 0 saturated carbocycles. The van der Waals surface area contributed by atoms with E-state index in [1.54, 1.807) is 30.1 Å². The van der Waals surface area contributed by atoms with Crippen molar-refractivity contribution in [2.24, 2.45) is 5.73 Å². The van der Waals surface area contributed by atoms with E-state index in [9.17, 15) is 5.26 Å². The van der Waals surface area contributed by atoms with E-state index in [4.69, 9.17) is 15.2 Å². The van der Waals surface area contributed by atoms with Crippen LogP contribution in [0.15, 0.2) is 36.5 Å². The summed E-state index contributed by atoms with van der Waals surface area (Å²) in [5.41, 5.74) is 11.4. The minimum Gasteiger partial charge on any atom is -0.497 e. The van der Waals surface area contributed by atoms with E-state index in [2.05, 4.69) is 21.1 Å². The maximum Gasteiger partial charge on any atom is 0.221 e. The third-order valence-corrected chi connectivity index (χ3v) is 5.36. The number of hydrogen-bond acceptors (Lipinski definition) is 6. The molecule has 0 radical (unpaired) electrons. The molecule has 0 spiro atoms. The van der Waals surface area contributed by atoms with Crippen molar-refractivity contribution >= 4 is 11.0 Å². The maximum absolute atomic E-state index is 9.78. The average molecular weight is 431 g/mol. The van der Waals surface area contributed by atoms with E-state index in [1.807, 2.05) is 39.0 Å². The second-order valence-electron chi connectivity index (χ2n) is 7.32. The fraction of sp³-hybridized carbons (Fsp3) is 0.292. The van der Waals surface area contributed by atoms with Gasteiger partial charge in [-0.2, -0.15) is 10.4 Å². The van der Waals surface area contributed by atoms with Gasteiger partial charge in [0.15, 0.2) is 0 Å². The van der Waals surface area contributed by atoms with Crippen LogP contribution in [-0.2, 0) is 6.54 Å². The monoisotopic (exact) mass is 430 g/mol. The third kappa shape index (κ3) is 3.47. The molecule has 5 rings (SSSR count). The number of hydrogen-bond donors (Lipinski definition) is 2. The van der Waals surface area contributed by atoms with Gasteiger partial charge < -0.3 is 20.2 Å². The zero-order chi connectivity index (χ0) is 22.8. The summed E-state index contributed by atoms with van der Waals surface area (Å²) in [4.78, 5) is 7.92. The van der Waals surface area contributed by atoms with Crippen LogP contribution in [0.1, 0.15) is 25.1 Å². The molecular weight excluding hydrogens is 404 g/mol. The Kier molecular flexibility index (Phi) is 5.84. The van der Waals surface area contributed by atoms with Gasteiger partial charge in [-0.25, -0.2) is 9.67 Å². The molecular formula is C24H26N6O2. The molecule has 0 bridgehead atoms. The molecule has 1 aliphatic heterocycles. The SMILES string of the molecule is CC.COc1ccc(C#N)c(-c2c(-c3c(C)nn4c3OCC(N)C4)[nH]c3ncccc23)c1. The minimum absolute atomic E-state index is 0.0999. The number of fused-ring (bicyclic) bond motifs is 2. The van der Waals surface area contributed by atoms with Gasteiger partial charge in [-0.15, -0.1) is 0 Å². The Morgan fingerprint density at radius 2 is 2.09 bits per heavy atom. The number of nitrogens with one attached hydrogen (secondary N) is 1. The molecule has 0 aliphatic carbocycles. The van der Waals surface area contributed by atoms with Gasteiger partial charge in [0, 0.05) is 22.7 Å². The molecule has 1 aliphatic rings. The highest BCUT2D eigenvalue weighted by molar-refractivity contribution is 6.04. The normalized spacial score (nSPS) is 14.7. The fourth-order valence-corrected chi connectivity index (χ4v) is 4.02. The number of ether oxygens (including phenoxy) is 2. The lowest BCUT2D eigenvalue weighted by molar-refractivity contribution is 0.206. The van der Waals surface area contributed by atoms with Crippen LogP contribution in [0, 0.1) is 18.3 Å². The van der Waals surface area contributed by atoms with Gasteiger partial charge >= 0.3 is 0 Å². The Balaban J connectivity index is 0.00000119. The van der Waals surface area contributed by atoms with E-state index >= 15 is 0 Å². The number of aryl methyl sites for hydroxylation is 1. The highest BCUT2D eigenvalue weighted by Gasteiger charge is 2.29. The van der Waals surface area contributed by atoms with Gasteiger partial charge in [0.05, 0.1) is 48.3 Å². The fourth-order valence-electron chi connectivity index (χ4n) is 4.02. The van der Waals surface area contributed by atoms with Gasteiger partial charge in [0.25, 0.3) is 0 Å². The van der Waals surface area contributed by atoms with Crippen molar-refractivity contribution in [1.29, 1.82) is 5.26 Å². The molecule has 1 aromatic carbocycles. The number of methoxy groups -OCH3 is 1. The molecule has 1 unspecified atom stereocenters. The maximum atomic E-state index is 9.78. The minimum atomic E-state index is -0.0999. The number of nitrogens with zero attached hydrogens (tertiary/aromatic N) is 4. The van der Waals surface area contributed by atoms with Crippen LogP contribution < -0.4 is 15.2 Å². The van der Waals surface area contributed by atoms with Crippen molar-refractivity contribution in [3.63, 3.8) is 0 Å². The lowest BCUT2D eigenvalue weighted by Gasteiger charge is -2.21. The van der Waals surface area contributed by atoms with Crippen LogP contribution in [0.4, 0.5) is 0 Å². The van der Waals surface area contributed by atoms with Crippen LogP contribution in [0.25, 0.3) is 33.4 Å². The van der Waals surface area contributed by atoms with E-state index < -0.39 is 0 Å². The average Bonchev–Trinajstić information content (AvgIpc) is 3.35. The number of nitriles is 1. The van der Waals surface area contributed by atoms with Gasteiger partial charge in [-0.1, -0.05) is 13.8 Å². The summed E-state index contributed by atoms with van der Waals surface area (Å²) in [6.07, 6.45) is 1.74. The van der Waals surface area contributed by atoms with E-state index in [-0.39, 0.29) is 6.04 Å². The van der Waals surface area contributed by atoms with Crippen LogP contribution in [0.2, 0.25) is 0 Å². The Morgan fingerprint density at radius 3 is 2.84 bits per heavy atom. The zero-order valence-corrected chi connectivity index (χ0v) is 18.6. The van der Waals surface area contributed by atoms with Gasteiger partial charge in [0.1, 0.15) is 18.0 Å². The first-order valence-corrected chi connectivity index (χ1v) is 10.6. The summed E-state index contributed by atoms with van der Waals surface area (Å²) in [7, 11) is 1.61. The Bertz CT molecular complexity index is 1310. The lowest BCUT2D eigenvalue weighted by Crippen LogP contribution is -2.37. The molecule has 4 aromatic rings. The molecule has 8 heteroatoms. The van der Waals surface area contributed by atoms with Crippen molar-refractivity contribution in [3.8, 4) is 40.1 Å². The van der Waals surface area contributed by atoms with Gasteiger partial charge in [-0.3, -0.25) is 0 Å². The van der Waals surface area contributed by atoms with Gasteiger partial charge in [-0.05, 0) is 37.3 Å². The number of nitrogens with two attached hydrogens (primary N) is 1. The van der Waals surface area contributed by atoms with E-state index in [1.165, 1.54) is 0 Å². The van der Waals surface area contributed by atoms with Gasteiger partial charge in [0.2, 0.25) is 5.88 Å². The summed E-state index contributed by atoms with van der Waals surface area (Å²) in [5, 5.41) is 15.3. The smallest absolute Gasteiger partial charge is 0.221 e. The standard InChI is InChI=1S/C22H20N6O2.C2H6/c1-12-18(22-28(27-12)10-14(24)11-30-22)20-19(16-4-3-7-25-21(16)26-20)17-8-15(29-2)6-5-13(17)9-23;1-2/h3-8,14H,10-11,24H2,1-2H3,(H,25,26);1-2H3. The number of H-pyrrole nitrogens is 1. The van der Waals surface area contributed by atoms with Crippen molar-refractivity contribution in [1.82, 2.24) is 19.7 Å². The summed E-state index contributed by atoms with van der Waals surface area (Å²) in [6.45, 7) is 6.95.